The van der Waals surface area contributed by atoms with Crippen LogP contribution in [0.1, 0.15) is 12.0 Å². The van der Waals surface area contributed by atoms with Crippen LogP contribution in [0.4, 0.5) is 4.79 Å². The summed E-state index contributed by atoms with van der Waals surface area (Å²) in [7, 11) is 1.76. The number of urea groups is 1. The van der Waals surface area contributed by atoms with E-state index in [1.54, 1.807) is 16.8 Å². The number of carboxylic acids is 1. The zero-order valence-corrected chi connectivity index (χ0v) is 11.0. The van der Waals surface area contributed by atoms with Crippen LogP contribution in [-0.2, 0) is 11.3 Å². The van der Waals surface area contributed by atoms with E-state index in [0.717, 1.165) is 5.56 Å². The molecule has 102 valence electrons. The van der Waals surface area contributed by atoms with Crippen LogP contribution in [0.5, 0.6) is 0 Å². The summed E-state index contributed by atoms with van der Waals surface area (Å²) in [6.07, 6.45) is 0.145. The van der Waals surface area contributed by atoms with E-state index in [4.69, 9.17) is 5.11 Å². The van der Waals surface area contributed by atoms with Crippen LogP contribution in [0.15, 0.2) is 30.3 Å². The zero-order chi connectivity index (χ0) is 13.8. The summed E-state index contributed by atoms with van der Waals surface area (Å²) in [6, 6.07) is 9.75. The maximum absolute atomic E-state index is 12.1. The molecule has 0 bridgehead atoms. The lowest BCUT2D eigenvalue weighted by atomic mass is 9.97. The van der Waals surface area contributed by atoms with Gasteiger partial charge in [-0.05, 0) is 5.56 Å². The van der Waals surface area contributed by atoms with E-state index < -0.39 is 5.97 Å². The molecule has 5 nitrogen and oxygen atoms in total. The van der Waals surface area contributed by atoms with Crippen molar-refractivity contribution in [1.29, 1.82) is 0 Å². The lowest BCUT2D eigenvalue weighted by molar-refractivity contribution is -0.139. The lowest BCUT2D eigenvalue weighted by Crippen LogP contribution is -2.54. The third-order valence-electron chi connectivity index (χ3n) is 3.28. The normalized spacial score (nSPS) is 14.9. The van der Waals surface area contributed by atoms with Crippen LogP contribution in [-0.4, -0.2) is 47.0 Å². The fourth-order valence-electron chi connectivity index (χ4n) is 2.27. The van der Waals surface area contributed by atoms with Gasteiger partial charge >= 0.3 is 12.0 Å². The highest BCUT2D eigenvalue weighted by Crippen LogP contribution is 2.20. The summed E-state index contributed by atoms with van der Waals surface area (Å²) < 4.78 is 0. The van der Waals surface area contributed by atoms with Gasteiger partial charge in [0.15, 0.2) is 0 Å². The Hall–Kier alpha value is -2.04. The molecule has 2 amide bonds. The van der Waals surface area contributed by atoms with Crippen molar-refractivity contribution in [3.8, 4) is 0 Å². The molecule has 1 saturated heterocycles. The first kappa shape index (κ1) is 13.4. The molecule has 1 heterocycles. The van der Waals surface area contributed by atoms with Gasteiger partial charge in [0, 0.05) is 32.6 Å². The summed E-state index contributed by atoms with van der Waals surface area (Å²) in [5, 5.41) is 8.66. The van der Waals surface area contributed by atoms with Crippen molar-refractivity contribution < 1.29 is 14.7 Å². The van der Waals surface area contributed by atoms with E-state index in [-0.39, 0.29) is 18.4 Å². The molecule has 1 fully saturated rings. The average Bonchev–Trinajstić information content (AvgIpc) is 2.33. The van der Waals surface area contributed by atoms with E-state index in [9.17, 15) is 9.59 Å². The number of rotatable bonds is 4. The summed E-state index contributed by atoms with van der Waals surface area (Å²) >= 11 is 0. The number of benzene rings is 1. The Morgan fingerprint density at radius 2 is 1.95 bits per heavy atom. The van der Waals surface area contributed by atoms with Crippen LogP contribution in [0.2, 0.25) is 0 Å². The van der Waals surface area contributed by atoms with Crippen molar-refractivity contribution >= 4 is 12.0 Å². The first-order valence-electron chi connectivity index (χ1n) is 6.32. The highest BCUT2D eigenvalue weighted by molar-refractivity contribution is 5.75. The molecule has 0 spiro atoms. The molecule has 0 aliphatic carbocycles. The van der Waals surface area contributed by atoms with Gasteiger partial charge in [-0.1, -0.05) is 30.3 Å². The van der Waals surface area contributed by atoms with Gasteiger partial charge in [0.1, 0.15) is 0 Å². The fraction of sp³-hybridized carbons (Fsp3) is 0.429. The molecular weight excluding hydrogens is 244 g/mol. The number of hydrogen-bond donors (Lipinski definition) is 1. The first-order chi connectivity index (χ1) is 9.06. The number of carboxylic acid groups (broad SMARTS) is 1. The van der Waals surface area contributed by atoms with Crippen LogP contribution in [0, 0.1) is 5.92 Å². The number of carbonyl (C=O) groups excluding carboxylic acids is 1. The van der Waals surface area contributed by atoms with E-state index in [2.05, 4.69) is 0 Å². The van der Waals surface area contributed by atoms with Gasteiger partial charge in [0.2, 0.25) is 0 Å². The predicted octanol–water partition coefficient (Wildman–Crippen LogP) is 1.64. The van der Waals surface area contributed by atoms with Crippen molar-refractivity contribution in [3.05, 3.63) is 35.9 Å². The minimum absolute atomic E-state index is 0.0366. The SMILES string of the molecule is CN(Cc1ccccc1)C(=O)N1CC(CC(=O)O)C1. The second kappa shape index (κ2) is 5.73. The molecule has 1 aliphatic heterocycles. The Labute approximate surface area is 112 Å². The third-order valence-corrected chi connectivity index (χ3v) is 3.28. The Balaban J connectivity index is 1.80. The standard InChI is InChI=1S/C14H18N2O3/c1-15(8-11-5-3-2-4-6-11)14(19)16-9-12(10-16)7-13(17)18/h2-6,12H,7-10H2,1H3,(H,17,18). The molecular formula is C14H18N2O3. The highest BCUT2D eigenvalue weighted by atomic mass is 16.4. The number of aliphatic carboxylic acids is 1. The molecule has 2 rings (SSSR count). The van der Waals surface area contributed by atoms with Crippen molar-refractivity contribution in [2.45, 2.75) is 13.0 Å². The summed E-state index contributed by atoms with van der Waals surface area (Å²) in [6.45, 7) is 1.66. The minimum atomic E-state index is -0.797. The molecule has 1 aromatic rings. The van der Waals surface area contributed by atoms with Gasteiger partial charge < -0.3 is 14.9 Å². The largest absolute Gasteiger partial charge is 0.481 e. The zero-order valence-electron chi connectivity index (χ0n) is 11.0. The number of likely N-dealkylation sites (tertiary alicyclic amines) is 1. The van der Waals surface area contributed by atoms with Gasteiger partial charge in [-0.15, -0.1) is 0 Å². The summed E-state index contributed by atoms with van der Waals surface area (Å²) in [5.41, 5.74) is 1.08. The Bertz CT molecular complexity index is 455. The van der Waals surface area contributed by atoms with E-state index in [1.165, 1.54) is 0 Å². The van der Waals surface area contributed by atoms with E-state index >= 15 is 0 Å². The third kappa shape index (κ3) is 3.47. The molecule has 0 saturated carbocycles. The number of hydrogen-bond acceptors (Lipinski definition) is 2. The number of carbonyl (C=O) groups is 2. The molecule has 0 atom stereocenters. The highest BCUT2D eigenvalue weighted by Gasteiger charge is 2.33. The fourth-order valence-corrected chi connectivity index (χ4v) is 2.27. The maximum Gasteiger partial charge on any atom is 0.320 e. The molecule has 1 aromatic carbocycles. The lowest BCUT2D eigenvalue weighted by Gasteiger charge is -2.40. The van der Waals surface area contributed by atoms with Gasteiger partial charge in [0.25, 0.3) is 0 Å². The topological polar surface area (TPSA) is 60.9 Å². The smallest absolute Gasteiger partial charge is 0.320 e. The summed E-state index contributed by atoms with van der Waals surface area (Å²) in [5.74, 6) is -0.693. The van der Waals surface area contributed by atoms with Crippen molar-refractivity contribution in [2.24, 2.45) is 5.92 Å². The molecule has 0 radical (unpaired) electrons. The Morgan fingerprint density at radius 3 is 2.53 bits per heavy atom. The Kier molecular flexibility index (Phi) is 4.04. The van der Waals surface area contributed by atoms with Crippen LogP contribution in [0.3, 0.4) is 0 Å². The molecule has 19 heavy (non-hydrogen) atoms. The van der Waals surface area contributed by atoms with E-state index in [0.29, 0.717) is 19.6 Å². The number of nitrogens with zero attached hydrogens (tertiary/aromatic N) is 2. The van der Waals surface area contributed by atoms with Crippen molar-refractivity contribution in [3.63, 3.8) is 0 Å². The number of amides is 2. The van der Waals surface area contributed by atoms with Crippen LogP contribution >= 0.6 is 0 Å². The second-order valence-electron chi connectivity index (χ2n) is 4.99. The van der Waals surface area contributed by atoms with Gasteiger partial charge in [-0.25, -0.2) is 4.79 Å². The van der Waals surface area contributed by atoms with Gasteiger partial charge in [0.05, 0.1) is 6.42 Å². The van der Waals surface area contributed by atoms with Gasteiger partial charge in [-0.2, -0.15) is 0 Å². The van der Waals surface area contributed by atoms with Gasteiger partial charge in [-0.3, -0.25) is 4.79 Å². The molecule has 0 aromatic heterocycles. The molecule has 1 N–H and O–H groups in total. The van der Waals surface area contributed by atoms with Crippen molar-refractivity contribution in [1.82, 2.24) is 9.80 Å². The van der Waals surface area contributed by atoms with Crippen LogP contribution in [0.25, 0.3) is 0 Å². The second-order valence-corrected chi connectivity index (χ2v) is 4.99. The summed E-state index contributed by atoms with van der Waals surface area (Å²) in [4.78, 5) is 26.0. The molecule has 5 heteroatoms. The van der Waals surface area contributed by atoms with Crippen LogP contribution < -0.4 is 0 Å². The maximum atomic E-state index is 12.1. The first-order valence-corrected chi connectivity index (χ1v) is 6.32. The quantitative estimate of drug-likeness (QED) is 0.897. The molecule has 0 unspecified atom stereocenters. The monoisotopic (exact) mass is 262 g/mol. The predicted molar refractivity (Wildman–Crippen MR) is 70.6 cm³/mol. The van der Waals surface area contributed by atoms with E-state index in [1.807, 2.05) is 30.3 Å². The van der Waals surface area contributed by atoms with Crippen molar-refractivity contribution in [2.75, 3.05) is 20.1 Å². The average molecular weight is 262 g/mol. The Morgan fingerprint density at radius 1 is 1.32 bits per heavy atom. The molecule has 1 aliphatic rings. The minimum Gasteiger partial charge on any atom is -0.481 e.